The van der Waals surface area contributed by atoms with Crippen molar-refractivity contribution in [3.05, 3.63) is 215 Å². The maximum Gasteiger partial charge on any atom is 0.0543 e. The Bertz CT molecular complexity index is 3230. The quantitative estimate of drug-likeness (QED) is 0.126. The van der Waals surface area contributed by atoms with Crippen LogP contribution in [0.1, 0.15) is 96.6 Å². The molecule has 2 aliphatic rings. The smallest absolute Gasteiger partial charge is 0.0543 e. The van der Waals surface area contributed by atoms with Crippen molar-refractivity contribution in [3.8, 4) is 22.3 Å². The van der Waals surface area contributed by atoms with E-state index in [1.54, 1.807) is 0 Å². The molecule has 0 N–H and O–H groups in total. The van der Waals surface area contributed by atoms with E-state index in [0.717, 1.165) is 0 Å². The zero-order valence-corrected chi connectivity index (χ0v) is 40.0. The van der Waals surface area contributed by atoms with E-state index in [2.05, 4.69) is 219 Å². The molecule has 0 atom stereocenters. The van der Waals surface area contributed by atoms with Crippen molar-refractivity contribution in [2.24, 2.45) is 0 Å². The van der Waals surface area contributed by atoms with E-state index in [1.165, 1.54) is 173 Å². The highest BCUT2D eigenvalue weighted by atomic mass is 15.2. The van der Waals surface area contributed by atoms with Gasteiger partial charge in [0.15, 0.2) is 0 Å². The molecule has 0 spiro atoms. The molecule has 0 aliphatic heterocycles. The highest BCUT2D eigenvalue weighted by Crippen LogP contribution is 2.54. The summed E-state index contributed by atoms with van der Waals surface area (Å²) >= 11 is 0. The fourth-order valence-electron chi connectivity index (χ4n) is 12.2. The number of anilines is 6. The first-order valence-corrected chi connectivity index (χ1v) is 25.2. The molecule has 68 heavy (non-hydrogen) atoms. The normalized spacial score (nSPS) is 14.5. The molecule has 0 heterocycles. The molecule has 2 fully saturated rings. The van der Waals surface area contributed by atoms with E-state index < -0.39 is 0 Å². The second-order valence-electron chi connectivity index (χ2n) is 20.1. The Morgan fingerprint density at radius 1 is 0.324 bits per heavy atom. The summed E-state index contributed by atoms with van der Waals surface area (Å²) in [5, 5.41) is 8.29. The second-order valence-corrected chi connectivity index (χ2v) is 20.1. The molecule has 2 aliphatic carbocycles. The zero-order chi connectivity index (χ0) is 45.9. The lowest BCUT2D eigenvalue weighted by molar-refractivity contribution is 0.729. The van der Waals surface area contributed by atoms with Gasteiger partial charge in [0.1, 0.15) is 0 Å². The number of aryl methyl sites for hydroxylation is 4. The molecule has 10 aromatic rings. The van der Waals surface area contributed by atoms with Gasteiger partial charge in [-0.25, -0.2) is 0 Å². The predicted octanol–water partition coefficient (Wildman–Crippen LogP) is 19.4. The highest BCUT2D eigenvalue weighted by molar-refractivity contribution is 6.29. The van der Waals surface area contributed by atoms with Crippen LogP contribution in [0.2, 0.25) is 0 Å². The van der Waals surface area contributed by atoms with Crippen LogP contribution in [0.3, 0.4) is 0 Å². The topological polar surface area (TPSA) is 6.48 Å². The molecule has 0 amide bonds. The van der Waals surface area contributed by atoms with Crippen LogP contribution in [0, 0.1) is 27.7 Å². The summed E-state index contributed by atoms with van der Waals surface area (Å²) in [6.07, 6.45) is 10.0. The molecule has 0 unspecified atom stereocenters. The van der Waals surface area contributed by atoms with Gasteiger partial charge >= 0.3 is 0 Å². The fourth-order valence-corrected chi connectivity index (χ4v) is 12.2. The SMILES string of the molecule is Cc1cccc(N(c2cc(-c3ccccc3)ccc2C)c2cc(C3CCCC3)c3ccc4c(N(c5cccc(C)c5)c5cc(-c6ccccc6)ccc5C)cc(C5CCCC5)c5ccc2c3c54)c1. The van der Waals surface area contributed by atoms with Crippen LogP contribution in [-0.2, 0) is 0 Å². The van der Waals surface area contributed by atoms with Crippen molar-refractivity contribution in [3.63, 3.8) is 0 Å². The molecule has 12 rings (SSSR count). The third-order valence-electron chi connectivity index (χ3n) is 15.6. The zero-order valence-electron chi connectivity index (χ0n) is 40.0. The number of nitrogens with zero attached hydrogens (tertiary/aromatic N) is 2. The minimum atomic E-state index is 0.510. The Kier molecular flexibility index (Phi) is 10.9. The summed E-state index contributed by atoms with van der Waals surface area (Å²) < 4.78 is 0. The minimum absolute atomic E-state index is 0.510. The maximum atomic E-state index is 2.62. The number of rotatable bonds is 10. The van der Waals surface area contributed by atoms with Crippen molar-refractivity contribution in [1.82, 2.24) is 0 Å². The van der Waals surface area contributed by atoms with Gasteiger partial charge in [-0.15, -0.1) is 0 Å². The van der Waals surface area contributed by atoms with Gasteiger partial charge in [0.05, 0.1) is 11.4 Å². The second kappa shape index (κ2) is 17.5. The van der Waals surface area contributed by atoms with E-state index in [9.17, 15) is 0 Å². The van der Waals surface area contributed by atoms with E-state index >= 15 is 0 Å². The maximum absolute atomic E-state index is 2.62. The third-order valence-corrected chi connectivity index (χ3v) is 15.6. The van der Waals surface area contributed by atoms with Crippen LogP contribution < -0.4 is 9.80 Å². The number of hydrogen-bond donors (Lipinski definition) is 0. The summed E-state index contributed by atoms with van der Waals surface area (Å²) in [5.41, 5.74) is 20.3. The molecule has 10 aromatic carbocycles. The van der Waals surface area contributed by atoms with Gasteiger partial charge in [0.2, 0.25) is 0 Å². The van der Waals surface area contributed by atoms with E-state index in [0.29, 0.717) is 11.8 Å². The van der Waals surface area contributed by atoms with E-state index in [1.807, 2.05) is 0 Å². The molecule has 2 heteroatoms. The van der Waals surface area contributed by atoms with Gasteiger partial charge < -0.3 is 9.80 Å². The van der Waals surface area contributed by atoms with Crippen LogP contribution in [0.4, 0.5) is 34.1 Å². The molecule has 334 valence electrons. The molecule has 2 saturated carbocycles. The lowest BCUT2D eigenvalue weighted by Crippen LogP contribution is -2.14. The molecule has 0 bridgehead atoms. The summed E-state index contributed by atoms with van der Waals surface area (Å²) in [6, 6.07) is 69.4. The van der Waals surface area contributed by atoms with Gasteiger partial charge in [-0.05, 0) is 191 Å². The summed E-state index contributed by atoms with van der Waals surface area (Å²) in [5.74, 6) is 1.02. The minimum Gasteiger partial charge on any atom is -0.310 e. The first-order chi connectivity index (χ1) is 33.4. The van der Waals surface area contributed by atoms with Crippen molar-refractivity contribution in [2.45, 2.75) is 90.9 Å². The molecule has 0 aromatic heterocycles. The first kappa shape index (κ1) is 42.2. The summed E-state index contributed by atoms with van der Waals surface area (Å²) in [7, 11) is 0. The van der Waals surface area contributed by atoms with Crippen molar-refractivity contribution >= 4 is 66.4 Å². The van der Waals surface area contributed by atoms with E-state index in [-0.39, 0.29) is 0 Å². The van der Waals surface area contributed by atoms with Gasteiger partial charge in [0, 0.05) is 33.5 Å². The Morgan fingerprint density at radius 3 is 1.12 bits per heavy atom. The molecule has 2 nitrogen and oxygen atoms in total. The van der Waals surface area contributed by atoms with Crippen LogP contribution in [-0.4, -0.2) is 0 Å². The van der Waals surface area contributed by atoms with Crippen LogP contribution in [0.25, 0.3) is 54.6 Å². The van der Waals surface area contributed by atoms with Gasteiger partial charge in [0.25, 0.3) is 0 Å². The Hall–Kier alpha value is -7.16. The highest BCUT2D eigenvalue weighted by Gasteiger charge is 2.30. The molecular weight excluding hydrogens is 821 g/mol. The Balaban J connectivity index is 1.20. The monoisotopic (exact) mass is 880 g/mol. The van der Waals surface area contributed by atoms with Crippen LogP contribution in [0.5, 0.6) is 0 Å². The average Bonchev–Trinajstić information content (AvgIpc) is 4.12. The molecule has 0 saturated heterocycles. The van der Waals surface area contributed by atoms with Crippen molar-refractivity contribution in [1.29, 1.82) is 0 Å². The molecule has 0 radical (unpaired) electrons. The third kappa shape index (κ3) is 7.42. The van der Waals surface area contributed by atoms with Crippen molar-refractivity contribution < 1.29 is 0 Å². The van der Waals surface area contributed by atoms with Gasteiger partial charge in [-0.2, -0.15) is 0 Å². The van der Waals surface area contributed by atoms with Gasteiger partial charge in [-0.1, -0.05) is 159 Å². The fraction of sp³-hybridized carbons (Fsp3) is 0.212. The largest absolute Gasteiger partial charge is 0.310 e. The van der Waals surface area contributed by atoms with Crippen LogP contribution in [0.15, 0.2) is 182 Å². The lowest BCUT2D eigenvalue weighted by atomic mass is 9.82. The van der Waals surface area contributed by atoms with E-state index in [4.69, 9.17) is 0 Å². The number of hydrogen-bond acceptors (Lipinski definition) is 2. The first-order valence-electron chi connectivity index (χ1n) is 25.2. The summed E-state index contributed by atoms with van der Waals surface area (Å²) in [4.78, 5) is 5.21. The number of benzene rings is 10. The summed E-state index contributed by atoms with van der Waals surface area (Å²) in [6.45, 7) is 9.03. The molecular formula is C66H60N2. The van der Waals surface area contributed by atoms with Crippen molar-refractivity contribution in [2.75, 3.05) is 9.80 Å². The predicted molar refractivity (Wildman–Crippen MR) is 292 cm³/mol. The Labute approximate surface area is 402 Å². The van der Waals surface area contributed by atoms with Crippen LogP contribution >= 0.6 is 0 Å². The average molecular weight is 881 g/mol. The van der Waals surface area contributed by atoms with Gasteiger partial charge in [-0.3, -0.25) is 0 Å². The Morgan fingerprint density at radius 2 is 0.721 bits per heavy atom. The standard InChI is InChI=1S/C66H60N2/c1-43-17-15-27-53(37-43)67(61-39-51(31-29-45(61)3)47-19-7-5-8-20-47)63-41-59(49-23-11-12-24-49)55-34-36-58-64(42-60(50-25-13-14-26-50)56-33-35-57(63)65(55)66(56)58)68(54-28-16-18-44(2)38-54)62-40-52(32-30-46(62)4)48-21-9-6-10-22-48/h5-10,15-22,27-42,49-50H,11-14,23-26H2,1-4H3. The lowest BCUT2D eigenvalue weighted by Gasteiger charge is -2.33.